The molecule has 22 heavy (non-hydrogen) atoms. The van der Waals surface area contributed by atoms with Crippen LogP contribution < -0.4 is 0 Å². The highest BCUT2D eigenvalue weighted by Crippen LogP contribution is 2.37. The first kappa shape index (κ1) is 14.6. The van der Waals surface area contributed by atoms with Gasteiger partial charge in [0.1, 0.15) is 22.6 Å². The number of halogens is 2. The van der Waals surface area contributed by atoms with Gasteiger partial charge in [0.15, 0.2) is 11.4 Å². The molecular formula is C14H9ClFN5S. The van der Waals surface area contributed by atoms with E-state index in [0.29, 0.717) is 27.0 Å². The maximum absolute atomic E-state index is 13.2. The molecule has 3 rings (SSSR count). The average Bonchev–Trinajstić information content (AvgIpc) is 3.12. The van der Waals surface area contributed by atoms with Crippen LogP contribution in [0.15, 0.2) is 18.2 Å². The molecule has 0 aliphatic rings. The maximum Gasteiger partial charge on any atom is 0.192 e. The summed E-state index contributed by atoms with van der Waals surface area (Å²) in [7, 11) is 0. The van der Waals surface area contributed by atoms with Crippen molar-refractivity contribution in [1.82, 2.24) is 20.4 Å². The van der Waals surface area contributed by atoms with E-state index >= 15 is 0 Å². The van der Waals surface area contributed by atoms with Crippen LogP contribution in [0, 0.1) is 17.1 Å². The standard InChI is InChI=1S/C14H9ClFN5S/c1-2-11-13(12-10(6-17)19-21-20-12)18-14(22-11)8-4-3-7(16)5-9(8)15/h3-5H,2H2,1H3,(H,19,20,21). The molecule has 8 heteroatoms. The highest BCUT2D eigenvalue weighted by molar-refractivity contribution is 7.15. The SMILES string of the molecule is CCc1sc(-c2ccc(F)cc2Cl)nc1-c1n[nH]nc1C#N. The molecule has 0 aliphatic heterocycles. The number of nitriles is 1. The highest BCUT2D eigenvalue weighted by atomic mass is 35.5. The number of H-pyrrole nitrogens is 1. The predicted molar refractivity (Wildman–Crippen MR) is 82.0 cm³/mol. The Morgan fingerprint density at radius 2 is 2.18 bits per heavy atom. The predicted octanol–water partition coefficient (Wildman–Crippen LogP) is 3.82. The first-order chi connectivity index (χ1) is 10.6. The summed E-state index contributed by atoms with van der Waals surface area (Å²) >= 11 is 7.53. The van der Waals surface area contributed by atoms with E-state index in [1.165, 1.54) is 23.5 Å². The quantitative estimate of drug-likeness (QED) is 0.790. The molecule has 5 nitrogen and oxygen atoms in total. The molecule has 2 heterocycles. The average molecular weight is 334 g/mol. The normalized spacial score (nSPS) is 10.6. The summed E-state index contributed by atoms with van der Waals surface area (Å²) in [5.41, 5.74) is 1.86. The molecule has 1 aromatic carbocycles. The number of nitrogens with zero attached hydrogens (tertiary/aromatic N) is 4. The third kappa shape index (κ3) is 2.47. The van der Waals surface area contributed by atoms with Gasteiger partial charge in [-0.3, -0.25) is 0 Å². The van der Waals surface area contributed by atoms with Crippen molar-refractivity contribution in [2.75, 3.05) is 0 Å². The third-order valence-electron chi connectivity index (χ3n) is 3.06. The van der Waals surface area contributed by atoms with Crippen molar-refractivity contribution in [3.05, 3.63) is 39.6 Å². The number of rotatable bonds is 3. The molecule has 0 fully saturated rings. The van der Waals surface area contributed by atoms with E-state index in [-0.39, 0.29) is 5.69 Å². The Hall–Kier alpha value is -2.30. The van der Waals surface area contributed by atoms with Gasteiger partial charge in [-0.1, -0.05) is 18.5 Å². The van der Waals surface area contributed by atoms with E-state index in [1.54, 1.807) is 6.07 Å². The minimum atomic E-state index is -0.399. The Morgan fingerprint density at radius 3 is 2.86 bits per heavy atom. The van der Waals surface area contributed by atoms with Crippen LogP contribution in [0.4, 0.5) is 4.39 Å². The highest BCUT2D eigenvalue weighted by Gasteiger charge is 2.20. The van der Waals surface area contributed by atoms with Crippen molar-refractivity contribution in [3.8, 4) is 28.0 Å². The van der Waals surface area contributed by atoms with Crippen molar-refractivity contribution in [2.24, 2.45) is 0 Å². The zero-order valence-electron chi connectivity index (χ0n) is 11.4. The molecule has 110 valence electrons. The number of aryl methyl sites for hydroxylation is 1. The van der Waals surface area contributed by atoms with Crippen LogP contribution in [0.1, 0.15) is 17.5 Å². The smallest absolute Gasteiger partial charge is 0.192 e. The van der Waals surface area contributed by atoms with Gasteiger partial charge in [-0.2, -0.15) is 15.6 Å². The molecule has 2 aromatic heterocycles. The summed E-state index contributed by atoms with van der Waals surface area (Å²) < 4.78 is 13.2. The van der Waals surface area contributed by atoms with Crippen molar-refractivity contribution >= 4 is 22.9 Å². The lowest BCUT2D eigenvalue weighted by Crippen LogP contribution is -1.88. The van der Waals surface area contributed by atoms with Crippen molar-refractivity contribution in [2.45, 2.75) is 13.3 Å². The fourth-order valence-corrected chi connectivity index (χ4v) is 3.38. The Bertz CT molecular complexity index is 880. The Kier molecular flexibility index (Phi) is 3.88. The van der Waals surface area contributed by atoms with E-state index in [0.717, 1.165) is 11.3 Å². The zero-order valence-corrected chi connectivity index (χ0v) is 13.0. The summed E-state index contributed by atoms with van der Waals surface area (Å²) in [5.74, 6) is -0.399. The van der Waals surface area contributed by atoms with Crippen molar-refractivity contribution in [1.29, 1.82) is 5.26 Å². The minimum Gasteiger partial charge on any atom is -0.234 e. The van der Waals surface area contributed by atoms with Crippen LogP contribution >= 0.6 is 22.9 Å². The number of hydrogen-bond acceptors (Lipinski definition) is 5. The van der Waals surface area contributed by atoms with Gasteiger partial charge in [0.2, 0.25) is 0 Å². The molecule has 0 amide bonds. The summed E-state index contributed by atoms with van der Waals surface area (Å²) in [6.07, 6.45) is 0.726. The van der Waals surface area contributed by atoms with Gasteiger partial charge in [0, 0.05) is 10.4 Å². The minimum absolute atomic E-state index is 0.191. The largest absolute Gasteiger partial charge is 0.234 e. The second-order valence-corrected chi connectivity index (χ2v) is 5.89. The first-order valence-corrected chi connectivity index (χ1v) is 7.59. The number of nitrogens with one attached hydrogen (secondary N) is 1. The first-order valence-electron chi connectivity index (χ1n) is 6.40. The molecular weight excluding hydrogens is 325 g/mol. The van der Waals surface area contributed by atoms with Crippen LogP contribution in [-0.2, 0) is 6.42 Å². The second-order valence-electron chi connectivity index (χ2n) is 4.40. The lowest BCUT2D eigenvalue weighted by atomic mass is 10.2. The number of aromatic amines is 1. The van der Waals surface area contributed by atoms with Crippen molar-refractivity contribution < 1.29 is 4.39 Å². The van der Waals surface area contributed by atoms with E-state index in [2.05, 4.69) is 20.4 Å². The van der Waals surface area contributed by atoms with Gasteiger partial charge in [-0.15, -0.1) is 16.4 Å². The lowest BCUT2D eigenvalue weighted by molar-refractivity contribution is 0.628. The number of benzene rings is 1. The molecule has 0 atom stereocenters. The van der Waals surface area contributed by atoms with E-state index in [9.17, 15) is 4.39 Å². The number of hydrogen-bond donors (Lipinski definition) is 1. The fraction of sp³-hybridized carbons (Fsp3) is 0.143. The fourth-order valence-electron chi connectivity index (χ4n) is 2.03. The summed E-state index contributed by atoms with van der Waals surface area (Å²) in [5, 5.41) is 20.2. The molecule has 0 unspecified atom stereocenters. The van der Waals surface area contributed by atoms with Crippen LogP contribution in [-0.4, -0.2) is 20.4 Å². The zero-order chi connectivity index (χ0) is 15.7. The molecule has 0 spiro atoms. The van der Waals surface area contributed by atoms with Gasteiger partial charge in [-0.25, -0.2) is 9.37 Å². The second kappa shape index (κ2) is 5.83. The van der Waals surface area contributed by atoms with Gasteiger partial charge in [0.25, 0.3) is 0 Å². The van der Waals surface area contributed by atoms with Gasteiger partial charge >= 0.3 is 0 Å². The van der Waals surface area contributed by atoms with Crippen LogP contribution in [0.25, 0.3) is 22.0 Å². The van der Waals surface area contributed by atoms with E-state index in [1.807, 2.05) is 13.0 Å². The topological polar surface area (TPSA) is 78.2 Å². The molecule has 0 bridgehead atoms. The monoisotopic (exact) mass is 333 g/mol. The summed E-state index contributed by atoms with van der Waals surface area (Å²) in [6, 6.07) is 6.16. The molecule has 0 saturated carbocycles. The van der Waals surface area contributed by atoms with Crippen molar-refractivity contribution in [3.63, 3.8) is 0 Å². The van der Waals surface area contributed by atoms with Gasteiger partial charge in [-0.05, 0) is 24.6 Å². The molecule has 0 saturated heterocycles. The van der Waals surface area contributed by atoms with Gasteiger partial charge in [0.05, 0.1) is 5.02 Å². The van der Waals surface area contributed by atoms with E-state index < -0.39 is 5.82 Å². The Balaban J connectivity index is 2.15. The van der Waals surface area contributed by atoms with Gasteiger partial charge < -0.3 is 0 Å². The molecule has 1 N–H and O–H groups in total. The number of aromatic nitrogens is 4. The Labute approximate surface area is 134 Å². The van der Waals surface area contributed by atoms with E-state index in [4.69, 9.17) is 16.9 Å². The summed E-state index contributed by atoms with van der Waals surface area (Å²) in [6.45, 7) is 1.99. The summed E-state index contributed by atoms with van der Waals surface area (Å²) in [4.78, 5) is 5.49. The lowest BCUT2D eigenvalue weighted by Gasteiger charge is -1.99. The molecule has 0 aliphatic carbocycles. The maximum atomic E-state index is 13.2. The van der Waals surface area contributed by atoms with Crippen LogP contribution in [0.5, 0.6) is 0 Å². The molecule has 3 aromatic rings. The van der Waals surface area contributed by atoms with Crippen LogP contribution in [0.2, 0.25) is 5.02 Å². The molecule has 0 radical (unpaired) electrons. The number of thiazole rings is 1. The van der Waals surface area contributed by atoms with Crippen LogP contribution in [0.3, 0.4) is 0 Å². The Morgan fingerprint density at radius 1 is 1.36 bits per heavy atom. The third-order valence-corrected chi connectivity index (χ3v) is 4.60.